The molecule has 0 bridgehead atoms. The van der Waals surface area contributed by atoms with Crippen LogP contribution in [0.5, 0.6) is 5.88 Å². The summed E-state index contributed by atoms with van der Waals surface area (Å²) in [6.45, 7) is 2.79. The van der Waals surface area contributed by atoms with Crippen LogP contribution in [0.1, 0.15) is 17.7 Å². The number of amides is 2. The van der Waals surface area contributed by atoms with Crippen LogP contribution in [0.25, 0.3) is 0 Å². The van der Waals surface area contributed by atoms with Crippen molar-refractivity contribution in [2.24, 2.45) is 5.92 Å². The standard InChI is InChI=1S/C21H20F3N3O3/c1-13-5-7-15(8-6-13)27-10-14(9-19(27)28)20(29)26-11-16(12-26)30-18-4-2-3-17(25-18)21(22,23)24/h2-8,14,16H,9-12H2,1H3. The summed E-state index contributed by atoms with van der Waals surface area (Å²) >= 11 is 0. The van der Waals surface area contributed by atoms with E-state index < -0.39 is 23.9 Å². The quantitative estimate of drug-likeness (QED) is 0.764. The minimum absolute atomic E-state index is 0.0984. The molecule has 2 amide bonds. The van der Waals surface area contributed by atoms with Crippen LogP contribution in [0.2, 0.25) is 0 Å². The van der Waals surface area contributed by atoms with Gasteiger partial charge in [0.05, 0.1) is 19.0 Å². The normalized spacial score (nSPS) is 19.7. The summed E-state index contributed by atoms with van der Waals surface area (Å²) < 4.78 is 43.7. The molecule has 1 aromatic heterocycles. The van der Waals surface area contributed by atoms with Crippen molar-refractivity contribution in [3.63, 3.8) is 0 Å². The third-order valence-electron chi connectivity index (χ3n) is 5.28. The van der Waals surface area contributed by atoms with Crippen LogP contribution >= 0.6 is 0 Å². The van der Waals surface area contributed by atoms with Crippen molar-refractivity contribution in [3.8, 4) is 5.88 Å². The predicted octanol–water partition coefficient (Wildman–Crippen LogP) is 3.05. The molecule has 0 aliphatic carbocycles. The number of alkyl halides is 3. The number of rotatable bonds is 4. The lowest BCUT2D eigenvalue weighted by atomic mass is 10.0. The van der Waals surface area contributed by atoms with Crippen molar-refractivity contribution in [1.82, 2.24) is 9.88 Å². The van der Waals surface area contributed by atoms with E-state index in [1.54, 1.807) is 9.80 Å². The summed E-state index contributed by atoms with van der Waals surface area (Å²) in [5.74, 6) is -0.802. The molecule has 1 unspecified atom stereocenters. The SMILES string of the molecule is Cc1ccc(N2CC(C(=O)N3CC(Oc4cccc(C(F)(F)F)n4)C3)CC2=O)cc1. The lowest BCUT2D eigenvalue weighted by Gasteiger charge is -2.39. The van der Waals surface area contributed by atoms with Crippen LogP contribution in [-0.2, 0) is 15.8 Å². The van der Waals surface area contributed by atoms with E-state index in [2.05, 4.69) is 4.98 Å². The summed E-state index contributed by atoms with van der Waals surface area (Å²) in [6.07, 6.45) is -4.82. The maximum Gasteiger partial charge on any atom is 0.433 e. The molecule has 2 aliphatic heterocycles. The molecule has 2 aliphatic rings. The van der Waals surface area contributed by atoms with Crippen LogP contribution in [0.3, 0.4) is 0 Å². The molecule has 2 fully saturated rings. The minimum Gasteiger partial charge on any atom is -0.471 e. The Labute approximate surface area is 171 Å². The Balaban J connectivity index is 1.31. The number of carbonyl (C=O) groups is 2. The van der Waals surface area contributed by atoms with Crippen LogP contribution < -0.4 is 9.64 Å². The molecule has 0 saturated carbocycles. The average molecular weight is 419 g/mol. The average Bonchev–Trinajstić information content (AvgIpc) is 3.06. The molecule has 1 atom stereocenters. The largest absolute Gasteiger partial charge is 0.471 e. The number of aromatic nitrogens is 1. The van der Waals surface area contributed by atoms with E-state index in [-0.39, 0.29) is 37.2 Å². The first-order valence-electron chi connectivity index (χ1n) is 9.57. The van der Waals surface area contributed by atoms with Gasteiger partial charge < -0.3 is 14.5 Å². The van der Waals surface area contributed by atoms with Gasteiger partial charge in [-0.15, -0.1) is 0 Å². The summed E-state index contributed by atoms with van der Waals surface area (Å²) in [4.78, 5) is 31.7. The van der Waals surface area contributed by atoms with Gasteiger partial charge in [-0.05, 0) is 25.1 Å². The van der Waals surface area contributed by atoms with E-state index in [1.807, 2.05) is 31.2 Å². The van der Waals surface area contributed by atoms with Gasteiger partial charge in [0.1, 0.15) is 11.8 Å². The lowest BCUT2D eigenvalue weighted by Crippen LogP contribution is -2.57. The van der Waals surface area contributed by atoms with Gasteiger partial charge in [0, 0.05) is 24.7 Å². The van der Waals surface area contributed by atoms with Crippen molar-refractivity contribution >= 4 is 17.5 Å². The van der Waals surface area contributed by atoms with Gasteiger partial charge in [0.2, 0.25) is 17.7 Å². The summed E-state index contributed by atoms with van der Waals surface area (Å²) in [7, 11) is 0. The highest BCUT2D eigenvalue weighted by Gasteiger charge is 2.41. The first kappa shape index (κ1) is 20.2. The number of halogens is 3. The first-order valence-corrected chi connectivity index (χ1v) is 9.57. The first-order chi connectivity index (χ1) is 14.2. The molecular weight excluding hydrogens is 399 g/mol. The number of anilines is 1. The van der Waals surface area contributed by atoms with Crippen molar-refractivity contribution in [3.05, 3.63) is 53.7 Å². The van der Waals surface area contributed by atoms with Gasteiger partial charge in [-0.2, -0.15) is 13.2 Å². The fourth-order valence-electron chi connectivity index (χ4n) is 3.61. The van der Waals surface area contributed by atoms with Crippen molar-refractivity contribution in [1.29, 1.82) is 0 Å². The molecular formula is C21H20F3N3O3. The maximum absolute atomic E-state index is 12.7. The van der Waals surface area contributed by atoms with E-state index in [4.69, 9.17) is 4.74 Å². The second kappa shape index (κ2) is 7.62. The number of ether oxygens (including phenoxy) is 1. The molecule has 3 heterocycles. The number of aryl methyl sites for hydroxylation is 1. The van der Waals surface area contributed by atoms with E-state index in [1.165, 1.54) is 12.1 Å². The summed E-state index contributed by atoms with van der Waals surface area (Å²) in [6, 6.07) is 11.0. The van der Waals surface area contributed by atoms with Crippen LogP contribution in [0.4, 0.5) is 18.9 Å². The molecule has 2 saturated heterocycles. The number of pyridine rings is 1. The van der Waals surface area contributed by atoms with Gasteiger partial charge >= 0.3 is 6.18 Å². The second-order valence-corrected chi connectivity index (χ2v) is 7.58. The molecule has 6 nitrogen and oxygen atoms in total. The Bertz CT molecular complexity index is 956. The molecule has 30 heavy (non-hydrogen) atoms. The molecule has 0 N–H and O–H groups in total. The zero-order chi connectivity index (χ0) is 21.5. The third-order valence-corrected chi connectivity index (χ3v) is 5.28. The number of benzene rings is 1. The number of hydrogen-bond acceptors (Lipinski definition) is 4. The molecule has 9 heteroatoms. The number of likely N-dealkylation sites (tertiary alicyclic amines) is 1. The van der Waals surface area contributed by atoms with Gasteiger partial charge in [-0.25, -0.2) is 4.98 Å². The Kier molecular flexibility index (Phi) is 5.13. The molecule has 1 aromatic carbocycles. The Morgan fingerprint density at radius 1 is 1.10 bits per heavy atom. The highest BCUT2D eigenvalue weighted by Crippen LogP contribution is 2.30. The zero-order valence-corrected chi connectivity index (χ0v) is 16.2. The summed E-state index contributed by atoms with van der Waals surface area (Å²) in [5.41, 5.74) is 0.828. The Hall–Kier alpha value is -3.10. The highest BCUT2D eigenvalue weighted by molar-refractivity contribution is 6.00. The molecule has 4 rings (SSSR count). The lowest BCUT2D eigenvalue weighted by molar-refractivity contribution is -0.144. The Morgan fingerprint density at radius 3 is 2.47 bits per heavy atom. The number of hydrogen-bond donors (Lipinski definition) is 0. The predicted molar refractivity (Wildman–Crippen MR) is 102 cm³/mol. The fraction of sp³-hybridized carbons (Fsp3) is 0.381. The van der Waals surface area contributed by atoms with E-state index in [0.29, 0.717) is 6.54 Å². The van der Waals surface area contributed by atoms with Gasteiger partial charge in [0.25, 0.3) is 0 Å². The summed E-state index contributed by atoms with van der Waals surface area (Å²) in [5, 5.41) is 0. The van der Waals surface area contributed by atoms with Crippen molar-refractivity contribution in [2.75, 3.05) is 24.5 Å². The highest BCUT2D eigenvalue weighted by atomic mass is 19.4. The van der Waals surface area contributed by atoms with Crippen molar-refractivity contribution in [2.45, 2.75) is 25.6 Å². The maximum atomic E-state index is 12.7. The van der Waals surface area contributed by atoms with E-state index in [0.717, 1.165) is 17.3 Å². The number of nitrogens with zero attached hydrogens (tertiary/aromatic N) is 3. The topological polar surface area (TPSA) is 62.7 Å². The number of carbonyl (C=O) groups excluding carboxylic acids is 2. The van der Waals surface area contributed by atoms with Gasteiger partial charge in [-0.3, -0.25) is 9.59 Å². The van der Waals surface area contributed by atoms with Crippen LogP contribution in [0, 0.1) is 12.8 Å². The molecule has 0 radical (unpaired) electrons. The smallest absolute Gasteiger partial charge is 0.433 e. The molecule has 0 spiro atoms. The zero-order valence-electron chi connectivity index (χ0n) is 16.2. The van der Waals surface area contributed by atoms with Gasteiger partial charge in [0.15, 0.2) is 0 Å². The van der Waals surface area contributed by atoms with Gasteiger partial charge in [-0.1, -0.05) is 23.8 Å². The Morgan fingerprint density at radius 2 is 1.80 bits per heavy atom. The third kappa shape index (κ3) is 4.10. The van der Waals surface area contributed by atoms with E-state index >= 15 is 0 Å². The van der Waals surface area contributed by atoms with Crippen molar-refractivity contribution < 1.29 is 27.5 Å². The van der Waals surface area contributed by atoms with Crippen LogP contribution in [-0.4, -0.2) is 47.4 Å². The van der Waals surface area contributed by atoms with Crippen LogP contribution in [0.15, 0.2) is 42.5 Å². The monoisotopic (exact) mass is 419 g/mol. The minimum atomic E-state index is -4.54. The fourth-order valence-corrected chi connectivity index (χ4v) is 3.61. The second-order valence-electron chi connectivity index (χ2n) is 7.58. The molecule has 158 valence electrons. The molecule has 2 aromatic rings. The van der Waals surface area contributed by atoms with E-state index in [9.17, 15) is 22.8 Å².